The maximum absolute atomic E-state index is 11.7. The first-order valence-electron chi connectivity index (χ1n) is 9.04. The van der Waals surface area contributed by atoms with Crippen molar-refractivity contribution in [2.45, 2.75) is 30.7 Å². The van der Waals surface area contributed by atoms with E-state index in [1.807, 2.05) is 0 Å². The number of carbonyl (C=O) groups is 1. The Morgan fingerprint density at radius 2 is 1.50 bits per heavy atom. The number of phenols is 2. The SMILES string of the molecule is COC(=O)[C@H]1O[C@@H](Oc2ccc(/C=C\c3cc(O)cc(O)c3)cc2)[C@H](O)[C@@H](O)[C@@H]1O. The molecule has 0 unspecified atom stereocenters. The molecule has 5 N–H and O–H groups in total. The summed E-state index contributed by atoms with van der Waals surface area (Å²) in [5, 5.41) is 48.9. The third-order valence-electron chi connectivity index (χ3n) is 4.53. The highest BCUT2D eigenvalue weighted by molar-refractivity contribution is 5.75. The van der Waals surface area contributed by atoms with E-state index in [9.17, 15) is 30.3 Å². The molecular formula is C21H22O9. The summed E-state index contributed by atoms with van der Waals surface area (Å²) in [6.07, 6.45) is -4.35. The summed E-state index contributed by atoms with van der Waals surface area (Å²) in [5.41, 5.74) is 1.38. The Morgan fingerprint density at radius 1 is 0.900 bits per heavy atom. The number of carbonyl (C=O) groups excluding carboxylic acids is 1. The monoisotopic (exact) mass is 418 g/mol. The van der Waals surface area contributed by atoms with Gasteiger partial charge in [0.2, 0.25) is 6.29 Å². The maximum Gasteiger partial charge on any atom is 0.337 e. The highest BCUT2D eigenvalue weighted by Gasteiger charge is 2.48. The molecule has 1 fully saturated rings. The van der Waals surface area contributed by atoms with Crippen LogP contribution in [0.4, 0.5) is 0 Å². The third-order valence-corrected chi connectivity index (χ3v) is 4.53. The van der Waals surface area contributed by atoms with Gasteiger partial charge in [-0.1, -0.05) is 24.3 Å². The Bertz CT molecular complexity index is 889. The molecule has 0 radical (unpaired) electrons. The van der Waals surface area contributed by atoms with E-state index in [-0.39, 0.29) is 11.5 Å². The molecule has 0 spiro atoms. The lowest BCUT2D eigenvalue weighted by molar-refractivity contribution is -0.271. The number of aromatic hydroxyl groups is 2. The maximum atomic E-state index is 11.7. The summed E-state index contributed by atoms with van der Waals surface area (Å²) in [5.74, 6) is -0.720. The number of esters is 1. The predicted molar refractivity (Wildman–Crippen MR) is 104 cm³/mol. The van der Waals surface area contributed by atoms with Gasteiger partial charge < -0.3 is 39.7 Å². The van der Waals surface area contributed by atoms with Gasteiger partial charge in [0.15, 0.2) is 6.10 Å². The largest absolute Gasteiger partial charge is 0.508 e. The Kier molecular flexibility index (Phi) is 6.58. The van der Waals surface area contributed by atoms with E-state index in [1.54, 1.807) is 36.4 Å². The molecule has 1 aliphatic heterocycles. The van der Waals surface area contributed by atoms with Crippen molar-refractivity contribution in [1.82, 2.24) is 0 Å². The van der Waals surface area contributed by atoms with Gasteiger partial charge in [0.25, 0.3) is 0 Å². The second-order valence-corrected chi connectivity index (χ2v) is 6.72. The van der Waals surface area contributed by atoms with Crippen LogP contribution < -0.4 is 4.74 Å². The lowest BCUT2D eigenvalue weighted by Crippen LogP contribution is -2.61. The molecule has 2 aromatic carbocycles. The van der Waals surface area contributed by atoms with Crippen molar-refractivity contribution in [3.63, 3.8) is 0 Å². The number of phenolic OH excluding ortho intramolecular Hbond substituents is 2. The third kappa shape index (κ3) is 4.89. The van der Waals surface area contributed by atoms with E-state index in [4.69, 9.17) is 9.47 Å². The van der Waals surface area contributed by atoms with Crippen LogP contribution >= 0.6 is 0 Å². The van der Waals surface area contributed by atoms with Gasteiger partial charge in [-0.2, -0.15) is 0 Å². The van der Waals surface area contributed by atoms with Gasteiger partial charge in [0, 0.05) is 6.07 Å². The number of ether oxygens (including phenoxy) is 3. The number of aliphatic hydroxyl groups excluding tert-OH is 3. The van der Waals surface area contributed by atoms with Crippen LogP contribution in [0.5, 0.6) is 17.2 Å². The molecule has 3 rings (SSSR count). The van der Waals surface area contributed by atoms with E-state index in [1.165, 1.54) is 18.2 Å². The number of hydrogen-bond donors (Lipinski definition) is 5. The van der Waals surface area contributed by atoms with E-state index in [0.717, 1.165) is 12.7 Å². The summed E-state index contributed by atoms with van der Waals surface area (Å²) >= 11 is 0. The normalized spacial score (nSPS) is 26.5. The summed E-state index contributed by atoms with van der Waals surface area (Å²) in [6.45, 7) is 0. The summed E-state index contributed by atoms with van der Waals surface area (Å²) in [4.78, 5) is 11.7. The molecule has 1 heterocycles. The van der Waals surface area contributed by atoms with Gasteiger partial charge in [-0.3, -0.25) is 0 Å². The number of hydrogen-bond acceptors (Lipinski definition) is 9. The number of rotatable bonds is 5. The van der Waals surface area contributed by atoms with Crippen LogP contribution in [-0.4, -0.2) is 69.3 Å². The Labute approximate surface area is 172 Å². The van der Waals surface area contributed by atoms with Crippen LogP contribution in [0, 0.1) is 0 Å². The van der Waals surface area contributed by atoms with E-state index in [0.29, 0.717) is 11.3 Å². The van der Waals surface area contributed by atoms with Gasteiger partial charge in [0.1, 0.15) is 35.6 Å². The molecule has 160 valence electrons. The van der Waals surface area contributed by atoms with E-state index < -0.39 is 36.7 Å². The van der Waals surface area contributed by atoms with Crippen LogP contribution in [0.15, 0.2) is 42.5 Å². The van der Waals surface area contributed by atoms with E-state index in [2.05, 4.69) is 4.74 Å². The topological polar surface area (TPSA) is 146 Å². The Hall–Kier alpha value is -3.11. The lowest BCUT2D eigenvalue weighted by atomic mass is 9.99. The van der Waals surface area contributed by atoms with Crippen molar-refractivity contribution in [2.24, 2.45) is 0 Å². The molecule has 1 aliphatic rings. The van der Waals surface area contributed by atoms with Crippen molar-refractivity contribution in [2.75, 3.05) is 7.11 Å². The minimum absolute atomic E-state index is 0.0537. The van der Waals surface area contributed by atoms with Gasteiger partial charge >= 0.3 is 5.97 Å². The van der Waals surface area contributed by atoms with Crippen LogP contribution in [-0.2, 0) is 14.3 Å². The molecule has 0 saturated carbocycles. The zero-order valence-electron chi connectivity index (χ0n) is 16.0. The van der Waals surface area contributed by atoms with Crippen molar-refractivity contribution >= 4 is 18.1 Å². The Balaban J connectivity index is 1.68. The average Bonchev–Trinajstić information content (AvgIpc) is 2.72. The second kappa shape index (κ2) is 9.14. The van der Waals surface area contributed by atoms with Gasteiger partial charge in [0.05, 0.1) is 7.11 Å². The number of benzene rings is 2. The van der Waals surface area contributed by atoms with Crippen molar-refractivity contribution in [3.8, 4) is 17.2 Å². The molecule has 9 heteroatoms. The zero-order valence-corrected chi connectivity index (χ0v) is 16.0. The van der Waals surface area contributed by atoms with Crippen LogP contribution in [0.3, 0.4) is 0 Å². The molecule has 5 atom stereocenters. The fourth-order valence-electron chi connectivity index (χ4n) is 2.95. The number of methoxy groups -OCH3 is 1. The van der Waals surface area contributed by atoms with E-state index >= 15 is 0 Å². The fourth-order valence-corrected chi connectivity index (χ4v) is 2.95. The first kappa shape index (κ1) is 21.6. The molecule has 0 bridgehead atoms. The van der Waals surface area contributed by atoms with Crippen molar-refractivity contribution in [3.05, 3.63) is 53.6 Å². The van der Waals surface area contributed by atoms with Crippen LogP contribution in [0.25, 0.3) is 12.2 Å². The van der Waals surface area contributed by atoms with Gasteiger partial charge in [-0.15, -0.1) is 0 Å². The molecule has 0 amide bonds. The first-order chi connectivity index (χ1) is 14.3. The molecular weight excluding hydrogens is 396 g/mol. The molecule has 2 aromatic rings. The molecule has 30 heavy (non-hydrogen) atoms. The average molecular weight is 418 g/mol. The Morgan fingerprint density at radius 3 is 2.10 bits per heavy atom. The first-order valence-corrected chi connectivity index (χ1v) is 9.04. The smallest absolute Gasteiger partial charge is 0.337 e. The predicted octanol–water partition coefficient (Wildman–Crippen LogP) is 0.628. The second-order valence-electron chi connectivity index (χ2n) is 6.72. The summed E-state index contributed by atoms with van der Waals surface area (Å²) < 4.78 is 15.3. The van der Waals surface area contributed by atoms with Crippen molar-refractivity contribution in [1.29, 1.82) is 0 Å². The minimum Gasteiger partial charge on any atom is -0.508 e. The van der Waals surface area contributed by atoms with Crippen LogP contribution in [0.1, 0.15) is 11.1 Å². The summed E-state index contributed by atoms with van der Waals surface area (Å²) in [7, 11) is 1.11. The minimum atomic E-state index is -1.66. The zero-order chi connectivity index (χ0) is 21.8. The standard InChI is InChI=1S/C21H22O9/c1-28-20(27)19-17(25)16(24)18(26)21(30-19)29-15-6-4-11(5-7-15)2-3-12-8-13(22)10-14(23)9-12/h2-10,16-19,21-26H,1H3/b3-2-/t16-,17-,18+,19-,21+/m0/s1. The lowest BCUT2D eigenvalue weighted by Gasteiger charge is -2.38. The highest BCUT2D eigenvalue weighted by atomic mass is 16.7. The highest BCUT2D eigenvalue weighted by Crippen LogP contribution is 2.26. The van der Waals surface area contributed by atoms with Crippen LogP contribution in [0.2, 0.25) is 0 Å². The van der Waals surface area contributed by atoms with Crippen molar-refractivity contribution < 1.29 is 44.5 Å². The molecule has 0 aromatic heterocycles. The van der Waals surface area contributed by atoms with Gasteiger partial charge in [-0.25, -0.2) is 4.79 Å². The quantitative estimate of drug-likeness (QED) is 0.348. The molecule has 9 nitrogen and oxygen atoms in total. The number of aliphatic hydroxyl groups is 3. The molecule has 1 saturated heterocycles. The molecule has 0 aliphatic carbocycles. The summed E-state index contributed by atoms with van der Waals surface area (Å²) in [6, 6.07) is 10.8. The fraction of sp³-hybridized carbons (Fsp3) is 0.286. The van der Waals surface area contributed by atoms with Gasteiger partial charge in [-0.05, 0) is 35.4 Å².